The van der Waals surface area contributed by atoms with Crippen molar-refractivity contribution < 1.29 is 26.4 Å². The SMILES string of the molecule is CCCCNCc1ccc(C(=O)Nc2ccc(S(=O)(=O)N3CCN(c4cc(C(F)(F)F)nc(Cl)n4)CC3)cc2)cc1. The Morgan fingerprint density at radius 1 is 1.00 bits per heavy atom. The summed E-state index contributed by atoms with van der Waals surface area (Å²) in [5.74, 6) is -0.339. The quantitative estimate of drug-likeness (QED) is 0.251. The molecule has 220 valence electrons. The fraction of sp³-hybridized carbons (Fsp3) is 0.370. The lowest BCUT2D eigenvalue weighted by Gasteiger charge is -2.34. The molecule has 14 heteroatoms. The standard InChI is InChI=1S/C27H30ClF3N6O3S/c1-2-3-12-32-18-19-4-6-20(7-5-19)25(38)33-21-8-10-22(11-9-21)41(39,40)37-15-13-36(14-16-37)24-17-23(27(29,30)31)34-26(28)35-24/h4-11,17,32H,2-3,12-16,18H2,1H3,(H,33,38). The maximum absolute atomic E-state index is 13.2. The van der Waals surface area contributed by atoms with Crippen molar-refractivity contribution in [2.24, 2.45) is 0 Å². The number of hydrogen-bond donors (Lipinski definition) is 2. The van der Waals surface area contributed by atoms with Gasteiger partial charge < -0.3 is 15.5 Å². The molecule has 0 aliphatic carbocycles. The molecule has 1 aliphatic rings. The lowest BCUT2D eigenvalue weighted by molar-refractivity contribution is -0.141. The normalized spacial score (nSPS) is 14.7. The lowest BCUT2D eigenvalue weighted by atomic mass is 10.1. The third-order valence-electron chi connectivity index (χ3n) is 6.54. The molecule has 1 aliphatic heterocycles. The zero-order chi connectivity index (χ0) is 29.6. The van der Waals surface area contributed by atoms with Gasteiger partial charge >= 0.3 is 6.18 Å². The van der Waals surface area contributed by atoms with Crippen molar-refractivity contribution in [3.63, 3.8) is 0 Å². The molecule has 9 nitrogen and oxygen atoms in total. The Bertz CT molecular complexity index is 1450. The van der Waals surface area contributed by atoms with Crippen LogP contribution in [0, 0.1) is 0 Å². The molecule has 0 atom stereocenters. The van der Waals surface area contributed by atoms with Crippen LogP contribution < -0.4 is 15.5 Å². The molecular formula is C27H30ClF3N6O3S. The molecule has 0 spiro atoms. The Kier molecular flexibility index (Phi) is 9.84. The van der Waals surface area contributed by atoms with Gasteiger partial charge in [-0.05, 0) is 66.5 Å². The molecule has 1 fully saturated rings. The molecule has 41 heavy (non-hydrogen) atoms. The molecule has 3 aromatic rings. The fourth-order valence-corrected chi connectivity index (χ4v) is 5.84. The number of amides is 1. The van der Waals surface area contributed by atoms with Crippen molar-refractivity contribution in [1.29, 1.82) is 0 Å². The summed E-state index contributed by atoms with van der Waals surface area (Å²) in [6, 6.07) is 13.9. The minimum atomic E-state index is -4.69. The lowest BCUT2D eigenvalue weighted by Crippen LogP contribution is -2.49. The van der Waals surface area contributed by atoms with Crippen LogP contribution in [0.15, 0.2) is 59.5 Å². The summed E-state index contributed by atoms with van der Waals surface area (Å²) in [4.78, 5) is 21.3. The highest BCUT2D eigenvalue weighted by Crippen LogP contribution is 2.31. The molecule has 2 N–H and O–H groups in total. The van der Waals surface area contributed by atoms with Crippen LogP contribution in [0.2, 0.25) is 5.28 Å². The first-order valence-corrected chi connectivity index (χ1v) is 14.9. The number of benzene rings is 2. The van der Waals surface area contributed by atoms with E-state index in [1.807, 2.05) is 12.1 Å². The Labute approximate surface area is 241 Å². The van der Waals surface area contributed by atoms with Crippen molar-refractivity contribution in [3.05, 3.63) is 76.7 Å². The van der Waals surface area contributed by atoms with Crippen LogP contribution in [-0.4, -0.2) is 61.3 Å². The first-order chi connectivity index (χ1) is 19.5. The van der Waals surface area contributed by atoms with Gasteiger partial charge in [-0.3, -0.25) is 4.79 Å². The van der Waals surface area contributed by atoms with Crippen LogP contribution in [0.5, 0.6) is 0 Å². The van der Waals surface area contributed by atoms with E-state index in [1.54, 1.807) is 12.1 Å². The average molecular weight is 611 g/mol. The molecule has 1 amide bonds. The second-order valence-corrected chi connectivity index (χ2v) is 11.8. The zero-order valence-electron chi connectivity index (χ0n) is 22.3. The number of nitrogens with zero attached hydrogens (tertiary/aromatic N) is 4. The van der Waals surface area contributed by atoms with Gasteiger partial charge in [-0.25, -0.2) is 18.4 Å². The van der Waals surface area contributed by atoms with E-state index in [2.05, 4.69) is 27.5 Å². The number of rotatable bonds is 10. The van der Waals surface area contributed by atoms with E-state index in [1.165, 1.54) is 33.5 Å². The highest BCUT2D eigenvalue weighted by Gasteiger charge is 2.35. The minimum absolute atomic E-state index is 0.0206. The first-order valence-electron chi connectivity index (χ1n) is 13.1. The van der Waals surface area contributed by atoms with Crippen LogP contribution in [-0.2, 0) is 22.7 Å². The summed E-state index contributed by atoms with van der Waals surface area (Å²) < 4.78 is 66.9. The van der Waals surface area contributed by atoms with Crippen molar-refractivity contribution in [1.82, 2.24) is 19.6 Å². The van der Waals surface area contributed by atoms with E-state index >= 15 is 0 Å². The van der Waals surface area contributed by atoms with Crippen LogP contribution in [0.3, 0.4) is 0 Å². The average Bonchev–Trinajstić information content (AvgIpc) is 2.95. The van der Waals surface area contributed by atoms with Gasteiger partial charge in [0.1, 0.15) is 5.82 Å². The second kappa shape index (κ2) is 13.1. The molecule has 1 aromatic heterocycles. The van der Waals surface area contributed by atoms with Crippen LogP contribution in [0.1, 0.15) is 41.4 Å². The molecule has 4 rings (SSSR count). The molecule has 2 aromatic carbocycles. The molecule has 0 radical (unpaired) electrons. The number of alkyl halides is 3. The van der Waals surface area contributed by atoms with Crippen LogP contribution in [0.25, 0.3) is 0 Å². The predicted molar refractivity (Wildman–Crippen MR) is 150 cm³/mol. The molecule has 0 saturated carbocycles. The van der Waals surface area contributed by atoms with Crippen molar-refractivity contribution in [3.8, 4) is 0 Å². The summed E-state index contributed by atoms with van der Waals surface area (Å²) in [6.45, 7) is 4.09. The van der Waals surface area contributed by atoms with Crippen LogP contribution >= 0.6 is 11.6 Å². The van der Waals surface area contributed by atoms with Gasteiger partial charge in [-0.2, -0.15) is 17.5 Å². The number of piperazine rings is 1. The smallest absolute Gasteiger partial charge is 0.354 e. The number of sulfonamides is 1. The van der Waals surface area contributed by atoms with Gasteiger partial charge in [0.25, 0.3) is 5.91 Å². The summed E-state index contributed by atoms with van der Waals surface area (Å²) in [5, 5.41) is 5.58. The van der Waals surface area contributed by atoms with Gasteiger partial charge in [-0.15, -0.1) is 0 Å². The molecule has 0 bridgehead atoms. The Morgan fingerprint density at radius 2 is 1.66 bits per heavy atom. The third-order valence-corrected chi connectivity index (χ3v) is 8.62. The van der Waals surface area contributed by atoms with Gasteiger partial charge in [0.2, 0.25) is 15.3 Å². The van der Waals surface area contributed by atoms with Gasteiger partial charge in [0, 0.05) is 50.0 Å². The topological polar surface area (TPSA) is 108 Å². The van der Waals surface area contributed by atoms with Gasteiger partial charge in [-0.1, -0.05) is 25.5 Å². The van der Waals surface area contributed by atoms with Crippen molar-refractivity contribution in [2.75, 3.05) is 42.9 Å². The molecular weight excluding hydrogens is 581 g/mol. The van der Waals surface area contributed by atoms with E-state index in [0.29, 0.717) is 11.3 Å². The number of carbonyl (C=O) groups is 1. The largest absolute Gasteiger partial charge is 0.433 e. The summed E-state index contributed by atoms with van der Waals surface area (Å²) >= 11 is 5.68. The van der Waals surface area contributed by atoms with E-state index < -0.39 is 27.2 Å². The van der Waals surface area contributed by atoms with Gasteiger partial charge in [0.15, 0.2) is 5.69 Å². The minimum Gasteiger partial charge on any atom is -0.354 e. The fourth-order valence-electron chi connectivity index (χ4n) is 4.24. The monoisotopic (exact) mass is 610 g/mol. The first kappa shape index (κ1) is 30.7. The Hall–Kier alpha value is -3.26. The Morgan fingerprint density at radius 3 is 2.27 bits per heavy atom. The van der Waals surface area contributed by atoms with Crippen molar-refractivity contribution >= 4 is 39.0 Å². The number of aromatic nitrogens is 2. The number of unbranched alkanes of at least 4 members (excludes halogenated alkanes) is 1. The molecule has 1 saturated heterocycles. The number of nitrogens with one attached hydrogen (secondary N) is 2. The summed E-state index contributed by atoms with van der Waals surface area (Å²) in [6.07, 6.45) is -2.46. The zero-order valence-corrected chi connectivity index (χ0v) is 23.9. The van der Waals surface area contributed by atoms with Gasteiger partial charge in [0.05, 0.1) is 4.90 Å². The maximum atomic E-state index is 13.2. The predicted octanol–water partition coefficient (Wildman–Crippen LogP) is 4.80. The number of halogens is 4. The third kappa shape index (κ3) is 7.94. The molecule has 0 unspecified atom stereocenters. The van der Waals surface area contributed by atoms with Crippen LogP contribution in [0.4, 0.5) is 24.7 Å². The van der Waals surface area contributed by atoms with E-state index in [4.69, 9.17) is 11.6 Å². The summed E-state index contributed by atoms with van der Waals surface area (Å²) in [5.41, 5.74) is 0.816. The Balaban J connectivity index is 1.34. The second-order valence-electron chi connectivity index (χ2n) is 9.48. The maximum Gasteiger partial charge on any atom is 0.433 e. The number of carbonyl (C=O) groups excluding carboxylic acids is 1. The number of anilines is 2. The van der Waals surface area contributed by atoms with E-state index in [0.717, 1.165) is 37.6 Å². The van der Waals surface area contributed by atoms with E-state index in [-0.39, 0.29) is 42.8 Å². The molecule has 2 heterocycles. The highest BCUT2D eigenvalue weighted by atomic mass is 35.5. The van der Waals surface area contributed by atoms with Crippen molar-refractivity contribution in [2.45, 2.75) is 37.4 Å². The number of hydrogen-bond acceptors (Lipinski definition) is 7. The van der Waals surface area contributed by atoms with E-state index in [9.17, 15) is 26.4 Å². The highest BCUT2D eigenvalue weighted by molar-refractivity contribution is 7.89. The summed E-state index contributed by atoms with van der Waals surface area (Å²) in [7, 11) is -3.87.